The molecule has 1 N–H and O–H groups in total. The summed E-state index contributed by atoms with van der Waals surface area (Å²) in [6, 6.07) is 0. The normalized spacial score (nSPS) is 15.1. The van der Waals surface area contributed by atoms with Crippen LogP contribution in [0.3, 0.4) is 0 Å². The minimum atomic E-state index is -0.670. The van der Waals surface area contributed by atoms with Crippen LogP contribution in [0.2, 0.25) is 0 Å². The summed E-state index contributed by atoms with van der Waals surface area (Å²) in [5, 5.41) is 9.26. The molecule has 0 aromatic rings. The fourth-order valence-electron chi connectivity index (χ4n) is 2.11. The Hall–Kier alpha value is -0.570. The van der Waals surface area contributed by atoms with Gasteiger partial charge in [-0.25, -0.2) is 0 Å². The van der Waals surface area contributed by atoms with Crippen LogP contribution in [0.4, 0.5) is 0 Å². The third-order valence-electron chi connectivity index (χ3n) is 3.08. The van der Waals surface area contributed by atoms with Crippen LogP contribution in [0.25, 0.3) is 0 Å². The Labute approximate surface area is 99.8 Å². The molecule has 1 unspecified atom stereocenters. The van der Waals surface area contributed by atoms with Gasteiger partial charge in [0.1, 0.15) is 0 Å². The fraction of sp³-hybridized carbons (Fsp3) is 0.923. The second-order valence-electron chi connectivity index (χ2n) is 5.06. The van der Waals surface area contributed by atoms with Crippen molar-refractivity contribution < 1.29 is 9.90 Å². The molecule has 0 aliphatic carbocycles. The van der Waals surface area contributed by atoms with Crippen LogP contribution >= 0.6 is 0 Å². The van der Waals surface area contributed by atoms with Crippen molar-refractivity contribution in [3.8, 4) is 0 Å². The van der Waals surface area contributed by atoms with Gasteiger partial charge in [-0.1, -0.05) is 33.1 Å². The molecule has 0 amide bonds. The van der Waals surface area contributed by atoms with Gasteiger partial charge in [-0.2, -0.15) is 0 Å². The number of carboxylic acid groups (broad SMARTS) is 1. The lowest BCUT2D eigenvalue weighted by atomic mass is 9.85. The fourth-order valence-corrected chi connectivity index (χ4v) is 2.11. The molecule has 0 radical (unpaired) electrons. The van der Waals surface area contributed by atoms with Gasteiger partial charge in [-0.05, 0) is 33.4 Å². The average molecular weight is 229 g/mol. The zero-order valence-electron chi connectivity index (χ0n) is 11.3. The maximum Gasteiger partial charge on any atom is 0.310 e. The third kappa shape index (κ3) is 5.50. The first kappa shape index (κ1) is 15.4. The molecular weight excluding hydrogens is 202 g/mol. The Kier molecular flexibility index (Phi) is 7.39. The molecule has 0 spiro atoms. The highest BCUT2D eigenvalue weighted by Gasteiger charge is 2.33. The molecule has 96 valence electrons. The van der Waals surface area contributed by atoms with Crippen molar-refractivity contribution in [1.82, 2.24) is 4.90 Å². The van der Waals surface area contributed by atoms with Crippen LogP contribution in [0.5, 0.6) is 0 Å². The summed E-state index contributed by atoms with van der Waals surface area (Å²) >= 11 is 0. The van der Waals surface area contributed by atoms with Crippen molar-refractivity contribution in [3.63, 3.8) is 0 Å². The van der Waals surface area contributed by atoms with E-state index in [0.717, 1.165) is 25.8 Å². The van der Waals surface area contributed by atoms with Gasteiger partial charge < -0.3 is 10.0 Å². The molecule has 0 saturated heterocycles. The highest BCUT2D eigenvalue weighted by molar-refractivity contribution is 5.74. The standard InChI is InChI=1S/C13H27NO2/c1-5-7-8-10-14(4)11-13(3,9-6-2)12(15)16/h5-11H2,1-4H3,(H,15,16). The minimum absolute atomic E-state index is 0.588. The molecule has 3 nitrogen and oxygen atoms in total. The molecule has 0 rings (SSSR count). The highest BCUT2D eigenvalue weighted by Crippen LogP contribution is 2.24. The predicted molar refractivity (Wildman–Crippen MR) is 67.7 cm³/mol. The van der Waals surface area contributed by atoms with Crippen LogP contribution in [0.1, 0.15) is 52.9 Å². The first-order chi connectivity index (χ1) is 7.46. The second kappa shape index (κ2) is 7.66. The number of aliphatic carboxylic acids is 1. The van der Waals surface area contributed by atoms with Crippen LogP contribution in [0, 0.1) is 5.41 Å². The van der Waals surface area contributed by atoms with Crippen molar-refractivity contribution in [2.45, 2.75) is 52.9 Å². The van der Waals surface area contributed by atoms with E-state index in [2.05, 4.69) is 11.8 Å². The van der Waals surface area contributed by atoms with Gasteiger partial charge in [-0.3, -0.25) is 4.79 Å². The Bertz CT molecular complexity index is 206. The van der Waals surface area contributed by atoms with E-state index in [-0.39, 0.29) is 0 Å². The van der Waals surface area contributed by atoms with Crippen molar-refractivity contribution in [3.05, 3.63) is 0 Å². The molecule has 1 atom stereocenters. The van der Waals surface area contributed by atoms with Crippen LogP contribution in [0.15, 0.2) is 0 Å². The molecule has 0 fully saturated rings. The Balaban J connectivity index is 4.13. The number of unbranched alkanes of at least 4 members (excludes halogenated alkanes) is 2. The molecule has 0 aromatic carbocycles. The molecule has 0 heterocycles. The molecule has 0 aliphatic rings. The van der Waals surface area contributed by atoms with E-state index < -0.39 is 11.4 Å². The predicted octanol–water partition coefficient (Wildman–Crippen LogP) is 3.00. The van der Waals surface area contributed by atoms with Crippen molar-refractivity contribution >= 4 is 5.97 Å². The van der Waals surface area contributed by atoms with E-state index in [1.54, 1.807) is 0 Å². The summed E-state index contributed by atoms with van der Waals surface area (Å²) in [6.45, 7) is 7.73. The summed E-state index contributed by atoms with van der Waals surface area (Å²) in [6.07, 6.45) is 5.27. The van der Waals surface area contributed by atoms with Gasteiger partial charge in [0.2, 0.25) is 0 Å². The van der Waals surface area contributed by atoms with E-state index in [1.165, 1.54) is 12.8 Å². The lowest BCUT2D eigenvalue weighted by molar-refractivity contribution is -0.149. The van der Waals surface area contributed by atoms with E-state index in [9.17, 15) is 9.90 Å². The number of nitrogens with zero attached hydrogens (tertiary/aromatic N) is 1. The quantitative estimate of drug-likeness (QED) is 0.618. The topological polar surface area (TPSA) is 40.5 Å². The van der Waals surface area contributed by atoms with Gasteiger partial charge >= 0.3 is 5.97 Å². The van der Waals surface area contributed by atoms with Gasteiger partial charge in [0.15, 0.2) is 0 Å². The number of rotatable bonds is 9. The number of hydrogen-bond donors (Lipinski definition) is 1. The van der Waals surface area contributed by atoms with Crippen LogP contribution in [-0.2, 0) is 4.79 Å². The Morgan fingerprint density at radius 1 is 1.25 bits per heavy atom. The summed E-state index contributed by atoms with van der Waals surface area (Å²) in [5.41, 5.74) is -0.588. The maximum absolute atomic E-state index is 11.2. The smallest absolute Gasteiger partial charge is 0.310 e. The van der Waals surface area contributed by atoms with Gasteiger partial charge in [0.25, 0.3) is 0 Å². The van der Waals surface area contributed by atoms with E-state index in [0.29, 0.717) is 6.54 Å². The number of hydrogen-bond acceptors (Lipinski definition) is 2. The summed E-state index contributed by atoms with van der Waals surface area (Å²) in [7, 11) is 2.02. The maximum atomic E-state index is 11.2. The molecule has 16 heavy (non-hydrogen) atoms. The molecule has 0 aromatic heterocycles. The van der Waals surface area contributed by atoms with E-state index in [4.69, 9.17) is 0 Å². The summed E-state index contributed by atoms with van der Waals surface area (Å²) in [4.78, 5) is 13.4. The lowest BCUT2D eigenvalue weighted by Gasteiger charge is -2.29. The van der Waals surface area contributed by atoms with Crippen LogP contribution < -0.4 is 0 Å². The minimum Gasteiger partial charge on any atom is -0.481 e. The monoisotopic (exact) mass is 229 g/mol. The van der Waals surface area contributed by atoms with Gasteiger partial charge in [0.05, 0.1) is 5.41 Å². The first-order valence-electron chi connectivity index (χ1n) is 6.38. The SMILES string of the molecule is CCCCCN(C)CC(C)(CCC)C(=O)O. The molecule has 0 saturated carbocycles. The van der Waals surface area contributed by atoms with Crippen molar-refractivity contribution in [1.29, 1.82) is 0 Å². The Morgan fingerprint density at radius 3 is 2.31 bits per heavy atom. The molecule has 0 aliphatic heterocycles. The zero-order chi connectivity index (χ0) is 12.6. The number of carbonyl (C=O) groups is 1. The molecule has 0 bridgehead atoms. The third-order valence-corrected chi connectivity index (χ3v) is 3.08. The van der Waals surface area contributed by atoms with Crippen molar-refractivity contribution in [2.75, 3.05) is 20.1 Å². The van der Waals surface area contributed by atoms with Crippen molar-refractivity contribution in [2.24, 2.45) is 5.41 Å². The van der Waals surface area contributed by atoms with Crippen LogP contribution in [-0.4, -0.2) is 36.1 Å². The summed E-state index contributed by atoms with van der Waals surface area (Å²) < 4.78 is 0. The lowest BCUT2D eigenvalue weighted by Crippen LogP contribution is -2.39. The van der Waals surface area contributed by atoms with E-state index >= 15 is 0 Å². The van der Waals surface area contributed by atoms with Gasteiger partial charge in [0, 0.05) is 6.54 Å². The van der Waals surface area contributed by atoms with Gasteiger partial charge in [-0.15, -0.1) is 0 Å². The molecule has 3 heteroatoms. The molecular formula is C13H27NO2. The van der Waals surface area contributed by atoms with E-state index in [1.807, 2.05) is 20.9 Å². The number of carboxylic acids is 1. The Morgan fingerprint density at radius 2 is 1.88 bits per heavy atom. The first-order valence-corrected chi connectivity index (χ1v) is 6.38. The summed E-state index contributed by atoms with van der Waals surface area (Å²) in [5.74, 6) is -0.670. The zero-order valence-corrected chi connectivity index (χ0v) is 11.3. The largest absolute Gasteiger partial charge is 0.481 e. The highest BCUT2D eigenvalue weighted by atomic mass is 16.4. The average Bonchev–Trinajstić information content (AvgIpc) is 2.18. The second-order valence-corrected chi connectivity index (χ2v) is 5.06.